The largest absolute Gasteiger partial charge is 0.488 e. The van der Waals surface area contributed by atoms with E-state index < -0.39 is 0 Å². The van der Waals surface area contributed by atoms with Gasteiger partial charge in [-0.1, -0.05) is 59.8 Å². The molecule has 0 radical (unpaired) electrons. The number of carbonyl (C=O) groups excluding carboxylic acids is 1. The van der Waals surface area contributed by atoms with Gasteiger partial charge in [-0.3, -0.25) is 9.69 Å². The van der Waals surface area contributed by atoms with Crippen molar-refractivity contribution in [2.45, 2.75) is 13.5 Å². The highest BCUT2D eigenvalue weighted by molar-refractivity contribution is 14.1. The van der Waals surface area contributed by atoms with Crippen molar-refractivity contribution < 1.29 is 9.53 Å². The molecule has 134 valence electrons. The number of nitrogens with zero attached hydrogens (tertiary/aromatic N) is 1. The standard InChI is InChI=1S/C19H15ClINO2S2/c1-2-22-18(23)17(26-19(22)25)10-12-7-8-16(15(21)9-12)24-11-13-5-3-4-6-14(13)20/h3-10H,2,11H2,1H3/b17-10-. The predicted octanol–water partition coefficient (Wildman–Crippen LogP) is 5.74. The third-order valence-corrected chi connectivity index (χ3v) is 6.37. The summed E-state index contributed by atoms with van der Waals surface area (Å²) < 4.78 is 7.46. The molecule has 26 heavy (non-hydrogen) atoms. The fourth-order valence-corrected chi connectivity index (χ4v) is 4.69. The second-order valence-electron chi connectivity index (χ2n) is 5.50. The molecule has 0 unspecified atom stereocenters. The van der Waals surface area contributed by atoms with E-state index in [1.807, 2.05) is 55.5 Å². The molecule has 0 spiro atoms. The van der Waals surface area contributed by atoms with E-state index in [-0.39, 0.29) is 5.91 Å². The molecule has 1 amide bonds. The van der Waals surface area contributed by atoms with Crippen molar-refractivity contribution in [3.63, 3.8) is 0 Å². The Labute approximate surface area is 180 Å². The van der Waals surface area contributed by atoms with E-state index in [0.717, 1.165) is 20.4 Å². The summed E-state index contributed by atoms with van der Waals surface area (Å²) in [5.74, 6) is 0.750. The summed E-state index contributed by atoms with van der Waals surface area (Å²) in [6, 6.07) is 13.4. The normalized spacial score (nSPS) is 15.8. The van der Waals surface area contributed by atoms with Gasteiger partial charge in [0.1, 0.15) is 16.7 Å². The monoisotopic (exact) mass is 515 g/mol. The van der Waals surface area contributed by atoms with Crippen LogP contribution in [0.25, 0.3) is 6.08 Å². The molecule has 1 fully saturated rings. The lowest BCUT2D eigenvalue weighted by molar-refractivity contribution is -0.121. The van der Waals surface area contributed by atoms with Crippen LogP contribution in [0.5, 0.6) is 5.75 Å². The summed E-state index contributed by atoms with van der Waals surface area (Å²) >= 11 is 15.0. The van der Waals surface area contributed by atoms with Gasteiger partial charge in [0.15, 0.2) is 0 Å². The minimum absolute atomic E-state index is 0.0310. The van der Waals surface area contributed by atoms with E-state index in [1.165, 1.54) is 11.8 Å². The number of likely N-dealkylation sites (N-methyl/N-ethyl adjacent to an activating group) is 1. The minimum atomic E-state index is -0.0310. The van der Waals surface area contributed by atoms with E-state index >= 15 is 0 Å². The van der Waals surface area contributed by atoms with Crippen molar-refractivity contribution in [3.05, 3.63) is 67.1 Å². The number of rotatable bonds is 5. The highest BCUT2D eigenvalue weighted by Gasteiger charge is 2.30. The molecule has 0 N–H and O–H groups in total. The number of halogens is 2. The zero-order valence-electron chi connectivity index (χ0n) is 13.9. The number of hydrogen-bond donors (Lipinski definition) is 0. The molecule has 0 bridgehead atoms. The van der Waals surface area contributed by atoms with Crippen molar-refractivity contribution in [3.8, 4) is 5.75 Å². The zero-order valence-corrected chi connectivity index (χ0v) is 18.4. The van der Waals surface area contributed by atoms with Crippen LogP contribution in [0.4, 0.5) is 0 Å². The van der Waals surface area contributed by atoms with Crippen molar-refractivity contribution >= 4 is 74.5 Å². The molecular formula is C19H15ClINO2S2. The molecule has 0 aromatic heterocycles. The average molecular weight is 516 g/mol. The van der Waals surface area contributed by atoms with Gasteiger partial charge in [0, 0.05) is 17.1 Å². The predicted molar refractivity (Wildman–Crippen MR) is 120 cm³/mol. The Bertz CT molecular complexity index is 901. The molecule has 3 rings (SSSR count). The van der Waals surface area contributed by atoms with Gasteiger partial charge in [0.05, 0.1) is 8.48 Å². The van der Waals surface area contributed by atoms with Crippen LogP contribution in [0.15, 0.2) is 47.4 Å². The van der Waals surface area contributed by atoms with Crippen LogP contribution in [0.2, 0.25) is 5.02 Å². The molecule has 1 aliphatic heterocycles. The molecule has 1 saturated heterocycles. The number of hydrogen-bond acceptors (Lipinski definition) is 4. The summed E-state index contributed by atoms with van der Waals surface area (Å²) in [7, 11) is 0. The van der Waals surface area contributed by atoms with Crippen LogP contribution in [0.1, 0.15) is 18.1 Å². The fourth-order valence-electron chi connectivity index (χ4n) is 2.42. The van der Waals surface area contributed by atoms with E-state index in [0.29, 0.717) is 27.4 Å². The average Bonchev–Trinajstić information content (AvgIpc) is 2.88. The Balaban J connectivity index is 1.74. The number of carbonyl (C=O) groups is 1. The van der Waals surface area contributed by atoms with Gasteiger partial charge in [-0.15, -0.1) is 0 Å². The summed E-state index contributed by atoms with van der Waals surface area (Å²) in [4.78, 5) is 14.6. The van der Waals surface area contributed by atoms with Crippen molar-refractivity contribution in [2.75, 3.05) is 6.54 Å². The molecule has 3 nitrogen and oxygen atoms in total. The van der Waals surface area contributed by atoms with Crippen LogP contribution < -0.4 is 4.74 Å². The van der Waals surface area contributed by atoms with Crippen LogP contribution in [0, 0.1) is 3.57 Å². The second-order valence-corrected chi connectivity index (χ2v) is 8.74. The quantitative estimate of drug-likeness (QED) is 0.288. The number of benzene rings is 2. The third-order valence-electron chi connectivity index (χ3n) is 3.78. The van der Waals surface area contributed by atoms with Gasteiger partial charge in [-0.2, -0.15) is 0 Å². The lowest BCUT2D eigenvalue weighted by atomic mass is 10.2. The minimum Gasteiger partial charge on any atom is -0.488 e. The van der Waals surface area contributed by atoms with Gasteiger partial charge >= 0.3 is 0 Å². The Kier molecular flexibility index (Phi) is 6.60. The van der Waals surface area contributed by atoms with E-state index in [4.69, 9.17) is 28.6 Å². The lowest BCUT2D eigenvalue weighted by Crippen LogP contribution is -2.27. The first-order valence-corrected chi connectivity index (χ1v) is 10.6. The maximum Gasteiger partial charge on any atom is 0.266 e. The molecular weight excluding hydrogens is 501 g/mol. The van der Waals surface area contributed by atoms with Gasteiger partial charge < -0.3 is 4.74 Å². The van der Waals surface area contributed by atoms with Crippen LogP contribution in [-0.4, -0.2) is 21.7 Å². The topological polar surface area (TPSA) is 29.5 Å². The van der Waals surface area contributed by atoms with E-state index in [2.05, 4.69) is 22.6 Å². The number of thiocarbonyl (C=S) groups is 1. The van der Waals surface area contributed by atoms with Gasteiger partial charge in [0.25, 0.3) is 5.91 Å². The summed E-state index contributed by atoms with van der Waals surface area (Å²) in [5.41, 5.74) is 1.88. The maximum atomic E-state index is 12.3. The van der Waals surface area contributed by atoms with E-state index in [9.17, 15) is 4.79 Å². The molecule has 0 aliphatic carbocycles. The van der Waals surface area contributed by atoms with Gasteiger partial charge in [0.2, 0.25) is 0 Å². The molecule has 0 saturated carbocycles. The SMILES string of the molecule is CCN1C(=O)/C(=C/c2ccc(OCc3ccccc3Cl)c(I)c2)SC1=S. The first-order valence-electron chi connectivity index (χ1n) is 7.90. The highest BCUT2D eigenvalue weighted by atomic mass is 127. The number of ether oxygens (including phenoxy) is 1. The van der Waals surface area contributed by atoms with Crippen molar-refractivity contribution in [1.29, 1.82) is 0 Å². The first-order chi connectivity index (χ1) is 12.5. The lowest BCUT2D eigenvalue weighted by Gasteiger charge is -2.10. The maximum absolute atomic E-state index is 12.3. The third kappa shape index (κ3) is 4.42. The first kappa shape index (κ1) is 19.7. The van der Waals surface area contributed by atoms with Gasteiger partial charge in [-0.05, 0) is 59.4 Å². The molecule has 1 aliphatic rings. The summed E-state index contributed by atoms with van der Waals surface area (Å²) in [6.07, 6.45) is 1.87. The van der Waals surface area contributed by atoms with Gasteiger partial charge in [-0.25, -0.2) is 0 Å². The second kappa shape index (κ2) is 8.73. The fraction of sp³-hybridized carbons (Fsp3) is 0.158. The molecule has 1 heterocycles. The van der Waals surface area contributed by atoms with Crippen LogP contribution >= 0.6 is 58.2 Å². The summed E-state index contributed by atoms with van der Waals surface area (Å²) in [5, 5.41) is 0.692. The number of thioether (sulfide) groups is 1. The summed E-state index contributed by atoms with van der Waals surface area (Å²) in [6.45, 7) is 2.92. The Hall–Kier alpha value is -1.09. The Morgan fingerprint density at radius 2 is 2.08 bits per heavy atom. The van der Waals surface area contributed by atoms with Crippen LogP contribution in [-0.2, 0) is 11.4 Å². The molecule has 7 heteroatoms. The Morgan fingerprint density at radius 1 is 1.31 bits per heavy atom. The number of amides is 1. The Morgan fingerprint density at radius 3 is 2.73 bits per heavy atom. The molecule has 2 aromatic carbocycles. The zero-order chi connectivity index (χ0) is 18.7. The molecule has 0 atom stereocenters. The van der Waals surface area contributed by atoms with Crippen molar-refractivity contribution in [2.24, 2.45) is 0 Å². The van der Waals surface area contributed by atoms with Crippen molar-refractivity contribution in [1.82, 2.24) is 4.90 Å². The molecule has 2 aromatic rings. The van der Waals surface area contributed by atoms with E-state index in [1.54, 1.807) is 4.90 Å². The highest BCUT2D eigenvalue weighted by Crippen LogP contribution is 2.33. The van der Waals surface area contributed by atoms with Crippen LogP contribution in [0.3, 0.4) is 0 Å². The smallest absolute Gasteiger partial charge is 0.266 e.